The summed E-state index contributed by atoms with van der Waals surface area (Å²) in [6.45, 7) is 0. The number of nitrogens with zero attached hydrogens (tertiary/aromatic N) is 4. The van der Waals surface area contributed by atoms with Crippen LogP contribution in [0.25, 0.3) is 5.69 Å². The largest absolute Gasteiger partial charge is 0.400 e. The molecule has 1 aromatic heterocycles. The molecule has 2 rings (SSSR count). The molecule has 0 unspecified atom stereocenters. The molecular formula is C8H10N4OS. The van der Waals surface area contributed by atoms with Gasteiger partial charge in [-0.3, -0.25) is 0 Å². The molecule has 0 atom stereocenters. The molecular weight excluding hydrogens is 200 g/mol. The van der Waals surface area contributed by atoms with Crippen molar-refractivity contribution >= 4 is 12.6 Å². The van der Waals surface area contributed by atoms with E-state index in [-0.39, 0.29) is 0 Å². The fourth-order valence-electron chi connectivity index (χ4n) is 0.919. The van der Waals surface area contributed by atoms with Gasteiger partial charge in [0.1, 0.15) is 0 Å². The second-order valence-electron chi connectivity index (χ2n) is 2.23. The summed E-state index contributed by atoms with van der Waals surface area (Å²) in [6.07, 6.45) is 0. The number of hydrogen-bond donors (Lipinski definition) is 2. The molecule has 74 valence electrons. The summed E-state index contributed by atoms with van der Waals surface area (Å²) in [5, 5.41) is 18.4. The molecule has 0 saturated carbocycles. The molecule has 1 heterocycles. The Hall–Kier alpha value is -1.40. The molecule has 6 heteroatoms. The van der Waals surface area contributed by atoms with Crippen LogP contribution in [0.1, 0.15) is 0 Å². The highest BCUT2D eigenvalue weighted by Gasteiger charge is 2.01. The van der Waals surface area contributed by atoms with Crippen LogP contribution in [0, 0.1) is 0 Å². The molecule has 1 N–H and O–H groups in total. The van der Waals surface area contributed by atoms with Gasteiger partial charge < -0.3 is 5.11 Å². The van der Waals surface area contributed by atoms with Crippen molar-refractivity contribution in [3.05, 3.63) is 30.3 Å². The van der Waals surface area contributed by atoms with Gasteiger partial charge in [-0.15, -0.1) is 17.7 Å². The molecule has 0 spiro atoms. The van der Waals surface area contributed by atoms with Crippen LogP contribution in [-0.2, 0) is 0 Å². The first-order valence-corrected chi connectivity index (χ1v) is 4.30. The van der Waals surface area contributed by atoms with Gasteiger partial charge in [0.25, 0.3) is 0 Å². The van der Waals surface area contributed by atoms with Crippen molar-refractivity contribution in [3.63, 3.8) is 0 Å². The third-order valence-electron chi connectivity index (χ3n) is 1.45. The predicted octanol–water partition coefficient (Wildman–Crippen LogP) is 0.559. The Labute approximate surface area is 86.8 Å². The zero-order valence-corrected chi connectivity index (χ0v) is 8.46. The van der Waals surface area contributed by atoms with Gasteiger partial charge in [-0.1, -0.05) is 18.2 Å². The van der Waals surface area contributed by atoms with Crippen LogP contribution < -0.4 is 0 Å². The van der Waals surface area contributed by atoms with Crippen LogP contribution in [0.2, 0.25) is 0 Å². The van der Waals surface area contributed by atoms with Crippen molar-refractivity contribution in [1.29, 1.82) is 0 Å². The zero-order valence-electron chi connectivity index (χ0n) is 7.57. The Balaban J connectivity index is 0.000000461. The highest BCUT2D eigenvalue weighted by molar-refractivity contribution is 7.80. The summed E-state index contributed by atoms with van der Waals surface area (Å²) >= 11 is 4.09. The summed E-state index contributed by atoms with van der Waals surface area (Å²) in [5.41, 5.74) is 0.910. The highest BCUT2D eigenvalue weighted by Crippen LogP contribution is 2.08. The minimum Gasteiger partial charge on any atom is -0.400 e. The number of tetrazole rings is 1. The lowest BCUT2D eigenvalue weighted by atomic mass is 10.3. The SMILES string of the molecule is CO.Sc1nnnn1-c1ccccc1. The van der Waals surface area contributed by atoms with Gasteiger partial charge in [-0.2, -0.15) is 4.68 Å². The highest BCUT2D eigenvalue weighted by atomic mass is 32.1. The maximum Gasteiger partial charge on any atom is 0.211 e. The van der Waals surface area contributed by atoms with Gasteiger partial charge in [-0.25, -0.2) is 0 Å². The average Bonchev–Trinajstić information content (AvgIpc) is 2.69. The van der Waals surface area contributed by atoms with E-state index in [4.69, 9.17) is 5.11 Å². The lowest BCUT2D eigenvalue weighted by molar-refractivity contribution is 0.399. The van der Waals surface area contributed by atoms with Gasteiger partial charge in [0.05, 0.1) is 5.69 Å². The van der Waals surface area contributed by atoms with Crippen molar-refractivity contribution in [3.8, 4) is 5.69 Å². The number of aliphatic hydroxyl groups excluding tert-OH is 1. The van der Waals surface area contributed by atoms with E-state index in [9.17, 15) is 0 Å². The van der Waals surface area contributed by atoms with Crippen LogP contribution in [0.3, 0.4) is 0 Å². The number of aliphatic hydroxyl groups is 1. The zero-order chi connectivity index (χ0) is 10.4. The quantitative estimate of drug-likeness (QED) is 0.675. The third kappa shape index (κ3) is 2.30. The summed E-state index contributed by atoms with van der Waals surface area (Å²) in [4.78, 5) is 0. The summed E-state index contributed by atoms with van der Waals surface area (Å²) in [7, 11) is 1.00. The summed E-state index contributed by atoms with van der Waals surface area (Å²) in [6, 6.07) is 9.60. The number of aromatic nitrogens is 4. The van der Waals surface area contributed by atoms with Crippen molar-refractivity contribution in [2.45, 2.75) is 5.16 Å². The first-order chi connectivity index (χ1) is 6.88. The van der Waals surface area contributed by atoms with Gasteiger partial charge in [0.2, 0.25) is 5.16 Å². The Morgan fingerprint density at radius 3 is 2.36 bits per heavy atom. The molecule has 5 nitrogen and oxygen atoms in total. The topological polar surface area (TPSA) is 63.8 Å². The fraction of sp³-hybridized carbons (Fsp3) is 0.125. The summed E-state index contributed by atoms with van der Waals surface area (Å²) in [5.74, 6) is 0. The molecule has 0 fully saturated rings. The van der Waals surface area contributed by atoms with Crippen molar-refractivity contribution < 1.29 is 5.11 Å². The van der Waals surface area contributed by atoms with Crippen LogP contribution >= 0.6 is 12.6 Å². The third-order valence-corrected chi connectivity index (χ3v) is 1.73. The monoisotopic (exact) mass is 210 g/mol. The fourth-order valence-corrected chi connectivity index (χ4v) is 1.11. The first-order valence-electron chi connectivity index (χ1n) is 3.85. The van der Waals surface area contributed by atoms with E-state index in [1.165, 1.54) is 0 Å². The molecule has 0 saturated heterocycles. The molecule has 14 heavy (non-hydrogen) atoms. The van der Waals surface area contributed by atoms with Crippen LogP contribution in [-0.4, -0.2) is 32.4 Å². The molecule has 0 bridgehead atoms. The van der Waals surface area contributed by atoms with E-state index in [1.54, 1.807) is 4.68 Å². The van der Waals surface area contributed by atoms with Crippen LogP contribution in [0.5, 0.6) is 0 Å². The smallest absolute Gasteiger partial charge is 0.211 e. The van der Waals surface area contributed by atoms with E-state index >= 15 is 0 Å². The lowest BCUT2D eigenvalue weighted by Gasteiger charge is -1.98. The molecule has 0 aliphatic rings. The molecule has 0 amide bonds. The Kier molecular flexibility index (Phi) is 4.09. The second kappa shape index (κ2) is 5.36. The molecule has 2 aromatic rings. The average molecular weight is 210 g/mol. The maximum absolute atomic E-state index is 7.00. The normalized spacial score (nSPS) is 9.07. The second-order valence-corrected chi connectivity index (χ2v) is 2.63. The number of benzene rings is 1. The van der Waals surface area contributed by atoms with Gasteiger partial charge in [-0.05, 0) is 22.6 Å². The Morgan fingerprint density at radius 1 is 1.21 bits per heavy atom. The Bertz CT molecular complexity index is 376. The minimum atomic E-state index is 0.487. The van der Waals surface area contributed by atoms with Crippen LogP contribution in [0.4, 0.5) is 0 Å². The van der Waals surface area contributed by atoms with Crippen molar-refractivity contribution in [2.75, 3.05) is 7.11 Å². The van der Waals surface area contributed by atoms with E-state index in [2.05, 4.69) is 28.2 Å². The Morgan fingerprint density at radius 2 is 1.86 bits per heavy atom. The van der Waals surface area contributed by atoms with Crippen LogP contribution in [0.15, 0.2) is 35.5 Å². The molecule has 1 aromatic carbocycles. The number of rotatable bonds is 1. The van der Waals surface area contributed by atoms with E-state index in [1.807, 2.05) is 30.3 Å². The van der Waals surface area contributed by atoms with E-state index < -0.39 is 0 Å². The van der Waals surface area contributed by atoms with E-state index in [0.717, 1.165) is 12.8 Å². The number of thiol groups is 1. The standard InChI is InChI=1S/C7H6N4S.CH4O/c12-7-8-9-10-11(7)6-4-2-1-3-5-6;1-2/h1-5H,(H,8,10,12);2H,1H3. The van der Waals surface area contributed by atoms with E-state index in [0.29, 0.717) is 5.16 Å². The van der Waals surface area contributed by atoms with Gasteiger partial charge in [0.15, 0.2) is 0 Å². The maximum atomic E-state index is 7.00. The molecule has 0 aliphatic heterocycles. The summed E-state index contributed by atoms with van der Waals surface area (Å²) < 4.78 is 1.56. The van der Waals surface area contributed by atoms with Crippen molar-refractivity contribution in [2.24, 2.45) is 0 Å². The lowest BCUT2D eigenvalue weighted by Crippen LogP contribution is -1.96. The first kappa shape index (κ1) is 10.7. The number of para-hydroxylation sites is 1. The molecule has 0 radical (unpaired) electrons. The van der Waals surface area contributed by atoms with Gasteiger partial charge in [0, 0.05) is 7.11 Å². The van der Waals surface area contributed by atoms with Gasteiger partial charge >= 0.3 is 0 Å². The number of hydrogen-bond acceptors (Lipinski definition) is 5. The molecule has 0 aliphatic carbocycles. The predicted molar refractivity (Wildman–Crippen MR) is 54.5 cm³/mol. The minimum absolute atomic E-state index is 0.487. The van der Waals surface area contributed by atoms with Crippen molar-refractivity contribution in [1.82, 2.24) is 20.2 Å².